The zero-order valence-electron chi connectivity index (χ0n) is 6.64. The molecule has 2 bridgehead atoms. The Morgan fingerprint density at radius 2 is 1.70 bits per heavy atom. The Morgan fingerprint density at radius 1 is 1.10 bits per heavy atom. The second kappa shape index (κ2) is 2.51. The molecule has 0 aromatic carbocycles. The van der Waals surface area contributed by atoms with Gasteiger partial charge in [-0.3, -0.25) is 5.43 Å². The van der Waals surface area contributed by atoms with Crippen LogP contribution in [0, 0.1) is 0 Å². The van der Waals surface area contributed by atoms with Crippen LogP contribution in [0.4, 0.5) is 0 Å². The van der Waals surface area contributed by atoms with Gasteiger partial charge < -0.3 is 0 Å². The van der Waals surface area contributed by atoms with Gasteiger partial charge in [0, 0.05) is 12.1 Å². The first-order valence-corrected chi connectivity index (χ1v) is 4.37. The van der Waals surface area contributed by atoms with Gasteiger partial charge in [0.1, 0.15) is 0 Å². The number of hydrogen-bond donors (Lipinski definition) is 1. The molecule has 2 aliphatic heterocycles. The summed E-state index contributed by atoms with van der Waals surface area (Å²) >= 11 is 0. The van der Waals surface area contributed by atoms with E-state index < -0.39 is 0 Å². The van der Waals surface area contributed by atoms with Crippen molar-refractivity contribution in [2.75, 3.05) is 7.05 Å². The molecule has 0 aliphatic carbocycles. The van der Waals surface area contributed by atoms with Gasteiger partial charge in [0.25, 0.3) is 0 Å². The van der Waals surface area contributed by atoms with Gasteiger partial charge in [-0.05, 0) is 32.7 Å². The molecule has 0 spiro atoms. The highest BCUT2D eigenvalue weighted by Crippen LogP contribution is 2.33. The standard InChI is InChI=1S/C8H16N2/c1-9-10-7-3-2-4-8(10)6-5-7/h7-9H,2-6H2,1H3. The van der Waals surface area contributed by atoms with Crippen LogP contribution in [-0.4, -0.2) is 24.1 Å². The second-order valence-corrected chi connectivity index (χ2v) is 3.45. The minimum absolute atomic E-state index is 0.865. The number of nitrogens with zero attached hydrogens (tertiary/aromatic N) is 1. The van der Waals surface area contributed by atoms with Gasteiger partial charge in [-0.15, -0.1) is 0 Å². The number of hydrazine groups is 1. The van der Waals surface area contributed by atoms with Crippen molar-refractivity contribution in [1.82, 2.24) is 10.4 Å². The van der Waals surface area contributed by atoms with Crippen molar-refractivity contribution in [3.05, 3.63) is 0 Å². The molecular weight excluding hydrogens is 124 g/mol. The fourth-order valence-electron chi connectivity index (χ4n) is 2.48. The molecule has 0 aromatic heterocycles. The summed E-state index contributed by atoms with van der Waals surface area (Å²) in [7, 11) is 2.05. The van der Waals surface area contributed by atoms with E-state index in [1.54, 1.807) is 0 Å². The second-order valence-electron chi connectivity index (χ2n) is 3.45. The van der Waals surface area contributed by atoms with Gasteiger partial charge >= 0.3 is 0 Å². The summed E-state index contributed by atoms with van der Waals surface area (Å²) in [6, 6.07) is 1.73. The third-order valence-corrected chi connectivity index (χ3v) is 2.95. The molecule has 2 fully saturated rings. The molecule has 10 heavy (non-hydrogen) atoms. The average Bonchev–Trinajstić information content (AvgIpc) is 2.19. The first kappa shape index (κ1) is 6.62. The Labute approximate surface area is 62.6 Å². The third kappa shape index (κ3) is 0.867. The van der Waals surface area contributed by atoms with Crippen molar-refractivity contribution >= 4 is 0 Å². The fraction of sp³-hybridized carbons (Fsp3) is 1.00. The Bertz CT molecular complexity index is 108. The number of piperidine rings is 1. The molecule has 0 amide bonds. The Balaban J connectivity index is 2.06. The minimum Gasteiger partial charge on any atom is -0.258 e. The van der Waals surface area contributed by atoms with Crippen LogP contribution in [0.15, 0.2) is 0 Å². The lowest BCUT2D eigenvalue weighted by atomic mass is 10.1. The lowest BCUT2D eigenvalue weighted by molar-refractivity contribution is 0.0905. The highest BCUT2D eigenvalue weighted by atomic mass is 15.5. The van der Waals surface area contributed by atoms with Crippen molar-refractivity contribution in [3.63, 3.8) is 0 Å². The van der Waals surface area contributed by atoms with Crippen LogP contribution in [0.5, 0.6) is 0 Å². The molecule has 0 saturated carbocycles. The maximum absolute atomic E-state index is 3.30. The summed E-state index contributed by atoms with van der Waals surface area (Å²) in [4.78, 5) is 0. The molecule has 2 rings (SSSR count). The van der Waals surface area contributed by atoms with E-state index in [0.717, 1.165) is 12.1 Å². The molecule has 2 unspecified atom stereocenters. The van der Waals surface area contributed by atoms with Crippen LogP contribution in [0.25, 0.3) is 0 Å². The zero-order chi connectivity index (χ0) is 6.97. The molecule has 2 saturated heterocycles. The van der Waals surface area contributed by atoms with Gasteiger partial charge in [-0.25, -0.2) is 5.01 Å². The van der Waals surface area contributed by atoms with Crippen molar-refractivity contribution in [2.45, 2.75) is 44.2 Å². The van der Waals surface area contributed by atoms with Crippen LogP contribution in [0.1, 0.15) is 32.1 Å². The Hall–Kier alpha value is -0.0800. The summed E-state index contributed by atoms with van der Waals surface area (Å²) in [5.74, 6) is 0. The van der Waals surface area contributed by atoms with Gasteiger partial charge in [-0.1, -0.05) is 6.42 Å². The number of nitrogens with one attached hydrogen (secondary N) is 1. The summed E-state index contributed by atoms with van der Waals surface area (Å²) in [6.45, 7) is 0. The molecule has 2 heterocycles. The lowest BCUT2D eigenvalue weighted by Gasteiger charge is -2.33. The maximum Gasteiger partial charge on any atom is 0.0247 e. The van der Waals surface area contributed by atoms with E-state index in [0.29, 0.717) is 0 Å². The van der Waals surface area contributed by atoms with Gasteiger partial charge in [-0.2, -0.15) is 0 Å². The average molecular weight is 140 g/mol. The molecule has 2 heteroatoms. The third-order valence-electron chi connectivity index (χ3n) is 2.95. The monoisotopic (exact) mass is 140 g/mol. The van der Waals surface area contributed by atoms with E-state index in [1.807, 2.05) is 0 Å². The molecule has 1 N–H and O–H groups in total. The largest absolute Gasteiger partial charge is 0.258 e. The summed E-state index contributed by atoms with van der Waals surface area (Å²) in [5, 5.41) is 2.46. The van der Waals surface area contributed by atoms with E-state index in [1.165, 1.54) is 32.1 Å². The van der Waals surface area contributed by atoms with Crippen molar-refractivity contribution in [3.8, 4) is 0 Å². The SMILES string of the molecule is CNN1C2CCCC1CC2. The van der Waals surface area contributed by atoms with E-state index in [9.17, 15) is 0 Å². The first-order chi connectivity index (χ1) is 4.92. The van der Waals surface area contributed by atoms with Crippen LogP contribution in [0.2, 0.25) is 0 Å². The Kier molecular flexibility index (Phi) is 1.66. The first-order valence-electron chi connectivity index (χ1n) is 4.37. The van der Waals surface area contributed by atoms with Crippen LogP contribution in [-0.2, 0) is 0 Å². The summed E-state index contributed by atoms with van der Waals surface area (Å²) < 4.78 is 0. The van der Waals surface area contributed by atoms with Gasteiger partial charge in [0.2, 0.25) is 0 Å². The fourth-order valence-corrected chi connectivity index (χ4v) is 2.48. The van der Waals surface area contributed by atoms with E-state index in [-0.39, 0.29) is 0 Å². The normalized spacial score (nSPS) is 40.5. The van der Waals surface area contributed by atoms with Crippen molar-refractivity contribution < 1.29 is 0 Å². The van der Waals surface area contributed by atoms with Crippen molar-refractivity contribution in [2.24, 2.45) is 0 Å². The lowest BCUT2D eigenvalue weighted by Crippen LogP contribution is -2.47. The summed E-state index contributed by atoms with van der Waals surface area (Å²) in [6.07, 6.45) is 7.12. The highest BCUT2D eigenvalue weighted by Gasteiger charge is 2.35. The van der Waals surface area contributed by atoms with E-state index >= 15 is 0 Å². The van der Waals surface area contributed by atoms with Crippen molar-refractivity contribution in [1.29, 1.82) is 0 Å². The molecule has 58 valence electrons. The molecule has 2 atom stereocenters. The number of hydrogen-bond acceptors (Lipinski definition) is 2. The summed E-state index contributed by atoms with van der Waals surface area (Å²) in [5.41, 5.74) is 3.30. The Morgan fingerprint density at radius 3 is 2.10 bits per heavy atom. The molecule has 0 aromatic rings. The topological polar surface area (TPSA) is 15.3 Å². The van der Waals surface area contributed by atoms with E-state index in [2.05, 4.69) is 17.5 Å². The number of fused-ring (bicyclic) bond motifs is 2. The van der Waals surface area contributed by atoms with E-state index in [4.69, 9.17) is 0 Å². The van der Waals surface area contributed by atoms with Crippen LogP contribution in [0.3, 0.4) is 0 Å². The predicted octanol–water partition coefficient (Wildman–Crippen LogP) is 1.14. The highest BCUT2D eigenvalue weighted by molar-refractivity contribution is 4.89. The molecule has 2 nitrogen and oxygen atoms in total. The quantitative estimate of drug-likeness (QED) is 0.587. The van der Waals surface area contributed by atoms with Crippen LogP contribution >= 0.6 is 0 Å². The van der Waals surface area contributed by atoms with Gasteiger partial charge in [0.05, 0.1) is 0 Å². The molecular formula is C8H16N2. The maximum atomic E-state index is 3.30. The smallest absolute Gasteiger partial charge is 0.0247 e. The van der Waals surface area contributed by atoms with Gasteiger partial charge in [0.15, 0.2) is 0 Å². The van der Waals surface area contributed by atoms with Crippen LogP contribution < -0.4 is 5.43 Å². The predicted molar refractivity (Wildman–Crippen MR) is 41.6 cm³/mol. The zero-order valence-corrected chi connectivity index (χ0v) is 6.64. The molecule has 0 radical (unpaired) electrons. The minimum atomic E-state index is 0.865. The number of rotatable bonds is 1. The molecule has 2 aliphatic rings.